The van der Waals surface area contributed by atoms with Gasteiger partial charge in [-0.3, -0.25) is 4.79 Å². The van der Waals surface area contributed by atoms with Crippen LogP contribution in [0.15, 0.2) is 18.2 Å². The Labute approximate surface area is 87.7 Å². The standard InChI is InChI=1S/C9H7BrF2O2/c10-7(9(13)14)4-5-3-6(11)1-2-8(5)12/h1-3,7H,4H2,(H,13,14). The molecule has 0 aromatic heterocycles. The Balaban J connectivity index is 2.85. The zero-order chi connectivity index (χ0) is 10.7. The van der Waals surface area contributed by atoms with Gasteiger partial charge >= 0.3 is 5.97 Å². The van der Waals surface area contributed by atoms with Gasteiger partial charge in [-0.1, -0.05) is 15.9 Å². The molecule has 0 aliphatic carbocycles. The molecule has 14 heavy (non-hydrogen) atoms. The largest absolute Gasteiger partial charge is 0.480 e. The molecular formula is C9H7BrF2O2. The Hall–Kier alpha value is -0.970. The van der Waals surface area contributed by atoms with Crippen molar-refractivity contribution in [3.63, 3.8) is 0 Å². The van der Waals surface area contributed by atoms with Crippen LogP contribution in [0.4, 0.5) is 8.78 Å². The van der Waals surface area contributed by atoms with E-state index in [-0.39, 0.29) is 12.0 Å². The van der Waals surface area contributed by atoms with Crippen molar-refractivity contribution < 1.29 is 18.7 Å². The van der Waals surface area contributed by atoms with E-state index in [2.05, 4.69) is 15.9 Å². The molecule has 0 bridgehead atoms. The van der Waals surface area contributed by atoms with Crippen LogP contribution in [0.3, 0.4) is 0 Å². The number of hydrogen-bond donors (Lipinski definition) is 1. The number of benzene rings is 1. The third kappa shape index (κ3) is 2.77. The van der Waals surface area contributed by atoms with Gasteiger partial charge < -0.3 is 5.11 Å². The van der Waals surface area contributed by atoms with Crippen LogP contribution in [-0.4, -0.2) is 15.9 Å². The highest BCUT2D eigenvalue weighted by Gasteiger charge is 2.16. The quantitative estimate of drug-likeness (QED) is 0.852. The van der Waals surface area contributed by atoms with Gasteiger partial charge in [-0.15, -0.1) is 0 Å². The lowest BCUT2D eigenvalue weighted by molar-refractivity contribution is -0.136. The van der Waals surface area contributed by atoms with E-state index in [1.807, 2.05) is 0 Å². The molecule has 1 atom stereocenters. The summed E-state index contributed by atoms with van der Waals surface area (Å²) in [5, 5.41) is 8.54. The van der Waals surface area contributed by atoms with Crippen LogP contribution in [0, 0.1) is 11.6 Å². The van der Waals surface area contributed by atoms with E-state index >= 15 is 0 Å². The molecule has 0 saturated carbocycles. The highest BCUT2D eigenvalue weighted by Crippen LogP contribution is 2.15. The maximum Gasteiger partial charge on any atom is 0.317 e. The second kappa shape index (κ2) is 4.50. The highest BCUT2D eigenvalue weighted by atomic mass is 79.9. The predicted octanol–water partition coefficient (Wildman–Crippen LogP) is 2.36. The molecule has 1 rings (SSSR count). The summed E-state index contributed by atoms with van der Waals surface area (Å²) in [6, 6.07) is 2.96. The summed E-state index contributed by atoms with van der Waals surface area (Å²) in [6.07, 6.45) is -0.0844. The molecule has 0 aliphatic heterocycles. The van der Waals surface area contributed by atoms with Gasteiger partial charge in [0.15, 0.2) is 0 Å². The number of alkyl halides is 1. The van der Waals surface area contributed by atoms with Crippen LogP contribution in [-0.2, 0) is 11.2 Å². The Morgan fingerprint density at radius 1 is 1.50 bits per heavy atom. The fourth-order valence-corrected chi connectivity index (χ4v) is 1.33. The van der Waals surface area contributed by atoms with Crippen LogP contribution in [0.1, 0.15) is 5.56 Å². The second-order valence-electron chi connectivity index (χ2n) is 2.75. The number of rotatable bonds is 3. The molecule has 0 amide bonds. The van der Waals surface area contributed by atoms with Gasteiger partial charge in [0.1, 0.15) is 16.5 Å². The highest BCUT2D eigenvalue weighted by molar-refractivity contribution is 9.10. The van der Waals surface area contributed by atoms with E-state index in [1.54, 1.807) is 0 Å². The Bertz CT molecular complexity index is 355. The second-order valence-corrected chi connectivity index (χ2v) is 3.85. The number of carboxylic acids is 1. The van der Waals surface area contributed by atoms with Gasteiger partial charge in [0.25, 0.3) is 0 Å². The van der Waals surface area contributed by atoms with Gasteiger partial charge in [0.05, 0.1) is 0 Å². The van der Waals surface area contributed by atoms with Crippen LogP contribution < -0.4 is 0 Å². The van der Waals surface area contributed by atoms with Crippen LogP contribution >= 0.6 is 15.9 Å². The summed E-state index contributed by atoms with van der Waals surface area (Å²) in [5.74, 6) is -2.28. The van der Waals surface area contributed by atoms with Crippen LogP contribution in [0.25, 0.3) is 0 Å². The Morgan fingerprint density at radius 2 is 2.14 bits per heavy atom. The first-order valence-electron chi connectivity index (χ1n) is 3.81. The minimum Gasteiger partial charge on any atom is -0.480 e. The topological polar surface area (TPSA) is 37.3 Å². The summed E-state index contributed by atoms with van der Waals surface area (Å²) in [7, 11) is 0. The minimum atomic E-state index is -1.10. The van der Waals surface area contributed by atoms with E-state index in [9.17, 15) is 13.6 Å². The minimum absolute atomic E-state index is 0.0503. The molecule has 0 aliphatic rings. The van der Waals surface area contributed by atoms with Gasteiger partial charge in [-0.25, -0.2) is 8.78 Å². The average molecular weight is 265 g/mol. The summed E-state index contributed by atoms with van der Waals surface area (Å²) in [5.41, 5.74) is 0.0503. The molecule has 0 spiro atoms. The molecule has 0 saturated heterocycles. The van der Waals surface area contributed by atoms with Crippen molar-refractivity contribution in [3.05, 3.63) is 35.4 Å². The number of halogens is 3. The molecule has 1 aromatic carbocycles. The number of carboxylic acid groups (broad SMARTS) is 1. The SMILES string of the molecule is O=C(O)C(Br)Cc1cc(F)ccc1F. The van der Waals surface area contributed by atoms with Crippen molar-refractivity contribution in [2.24, 2.45) is 0 Å². The monoisotopic (exact) mass is 264 g/mol. The lowest BCUT2D eigenvalue weighted by Gasteiger charge is -2.05. The molecule has 0 fully saturated rings. The van der Waals surface area contributed by atoms with E-state index < -0.39 is 22.4 Å². The summed E-state index contributed by atoms with van der Waals surface area (Å²) < 4.78 is 25.7. The van der Waals surface area contributed by atoms with Gasteiger partial charge in [0.2, 0.25) is 0 Å². The Kier molecular flexibility index (Phi) is 3.57. The first kappa shape index (κ1) is 11.1. The summed E-state index contributed by atoms with van der Waals surface area (Å²) >= 11 is 2.85. The molecule has 0 radical (unpaired) electrons. The first-order chi connectivity index (χ1) is 6.50. The van der Waals surface area contributed by atoms with Crippen LogP contribution in [0.2, 0.25) is 0 Å². The number of carbonyl (C=O) groups is 1. The van der Waals surface area contributed by atoms with Crippen LogP contribution in [0.5, 0.6) is 0 Å². The molecule has 1 N–H and O–H groups in total. The molecule has 1 unspecified atom stereocenters. The van der Waals surface area contributed by atoms with Crippen molar-refractivity contribution in [2.45, 2.75) is 11.2 Å². The lowest BCUT2D eigenvalue weighted by atomic mass is 10.1. The molecule has 5 heteroatoms. The van der Waals surface area contributed by atoms with Gasteiger partial charge in [-0.05, 0) is 30.2 Å². The van der Waals surface area contributed by atoms with E-state index in [0.29, 0.717) is 0 Å². The van der Waals surface area contributed by atoms with Crippen molar-refractivity contribution >= 4 is 21.9 Å². The van der Waals surface area contributed by atoms with Crippen molar-refractivity contribution in [2.75, 3.05) is 0 Å². The first-order valence-corrected chi connectivity index (χ1v) is 4.73. The van der Waals surface area contributed by atoms with Crippen molar-refractivity contribution in [1.29, 1.82) is 0 Å². The number of aliphatic carboxylic acids is 1. The van der Waals surface area contributed by atoms with E-state index in [4.69, 9.17) is 5.11 Å². The Morgan fingerprint density at radius 3 is 2.71 bits per heavy atom. The molecule has 76 valence electrons. The molecule has 1 aromatic rings. The third-order valence-corrected chi connectivity index (χ3v) is 2.39. The summed E-state index contributed by atoms with van der Waals surface area (Å²) in [4.78, 5) is 9.53. The summed E-state index contributed by atoms with van der Waals surface area (Å²) in [6.45, 7) is 0. The zero-order valence-corrected chi connectivity index (χ0v) is 8.59. The fraction of sp³-hybridized carbons (Fsp3) is 0.222. The van der Waals surface area contributed by atoms with Gasteiger partial charge in [0, 0.05) is 0 Å². The molecular weight excluding hydrogens is 258 g/mol. The predicted molar refractivity (Wildman–Crippen MR) is 50.4 cm³/mol. The smallest absolute Gasteiger partial charge is 0.317 e. The molecule has 2 nitrogen and oxygen atoms in total. The van der Waals surface area contributed by atoms with Crippen molar-refractivity contribution in [1.82, 2.24) is 0 Å². The van der Waals surface area contributed by atoms with E-state index in [1.165, 1.54) is 0 Å². The lowest BCUT2D eigenvalue weighted by Crippen LogP contribution is -2.16. The maximum atomic E-state index is 13.0. The zero-order valence-electron chi connectivity index (χ0n) is 7.01. The fourth-order valence-electron chi connectivity index (χ4n) is 0.980. The normalized spacial score (nSPS) is 12.5. The number of hydrogen-bond acceptors (Lipinski definition) is 1. The maximum absolute atomic E-state index is 13.0. The van der Waals surface area contributed by atoms with Gasteiger partial charge in [-0.2, -0.15) is 0 Å². The average Bonchev–Trinajstić information content (AvgIpc) is 2.11. The third-order valence-electron chi connectivity index (χ3n) is 1.67. The molecule has 0 heterocycles. The van der Waals surface area contributed by atoms with E-state index in [0.717, 1.165) is 18.2 Å². The van der Waals surface area contributed by atoms with Crippen molar-refractivity contribution in [3.8, 4) is 0 Å².